The SMILES string of the molecule is Cc1cc(C)c(C#Cc2ccc(-c3ccc(-c4cc(F)c(-c5cc(F)c(OC(F)(F)F)c(F)c5)c(F)c4)c(F)c3)c(F)c2)c(F)c1. The van der Waals surface area contributed by atoms with Gasteiger partial charge in [-0.25, -0.2) is 30.7 Å². The second-order valence-electron chi connectivity index (χ2n) is 10.2. The predicted octanol–water partition coefficient (Wildman–Crippen LogP) is 10.6. The molecule has 0 fully saturated rings. The molecule has 0 heterocycles. The Morgan fingerprint density at radius 3 is 1.63 bits per heavy atom. The van der Waals surface area contributed by atoms with Crippen molar-refractivity contribution in [3.05, 3.63) is 136 Å². The lowest BCUT2D eigenvalue weighted by molar-refractivity contribution is -0.276. The number of benzene rings is 5. The van der Waals surface area contributed by atoms with Crippen molar-refractivity contribution < 1.29 is 48.6 Å². The van der Waals surface area contributed by atoms with Gasteiger partial charge in [0.05, 0.1) is 11.1 Å². The van der Waals surface area contributed by atoms with E-state index in [1.54, 1.807) is 19.9 Å². The van der Waals surface area contributed by atoms with E-state index in [1.807, 2.05) is 0 Å². The highest BCUT2D eigenvalue weighted by atomic mass is 19.4. The van der Waals surface area contributed by atoms with Gasteiger partial charge in [0.1, 0.15) is 29.1 Å². The highest BCUT2D eigenvalue weighted by molar-refractivity contribution is 5.75. The molecule has 0 amide bonds. The molecule has 0 N–H and O–H groups in total. The van der Waals surface area contributed by atoms with E-state index in [4.69, 9.17) is 0 Å². The molecule has 0 saturated heterocycles. The average molecular weight is 645 g/mol. The number of hydrogen-bond donors (Lipinski definition) is 0. The van der Waals surface area contributed by atoms with Gasteiger partial charge in [0, 0.05) is 16.7 Å². The van der Waals surface area contributed by atoms with Gasteiger partial charge < -0.3 is 4.74 Å². The van der Waals surface area contributed by atoms with Gasteiger partial charge in [0.25, 0.3) is 0 Å². The summed E-state index contributed by atoms with van der Waals surface area (Å²) in [5, 5.41) is 0. The summed E-state index contributed by atoms with van der Waals surface area (Å²) in [7, 11) is 0. The first-order chi connectivity index (χ1) is 21.6. The molecule has 5 aromatic carbocycles. The molecule has 46 heavy (non-hydrogen) atoms. The van der Waals surface area contributed by atoms with Crippen LogP contribution < -0.4 is 4.74 Å². The number of ether oxygens (including phenoxy) is 1. The minimum Gasteiger partial charge on any atom is -0.399 e. The molecular weight excluding hydrogens is 626 g/mol. The van der Waals surface area contributed by atoms with Crippen molar-refractivity contribution in [1.29, 1.82) is 0 Å². The molecule has 0 radical (unpaired) electrons. The van der Waals surface area contributed by atoms with Crippen LogP contribution in [-0.2, 0) is 0 Å². The molecule has 0 bridgehead atoms. The first-order valence-corrected chi connectivity index (χ1v) is 13.2. The molecule has 0 aliphatic heterocycles. The minimum absolute atomic E-state index is 0.0246. The lowest BCUT2D eigenvalue weighted by Gasteiger charge is -2.14. The molecule has 0 unspecified atom stereocenters. The van der Waals surface area contributed by atoms with E-state index < -0.39 is 64.0 Å². The maximum atomic E-state index is 15.2. The van der Waals surface area contributed by atoms with Gasteiger partial charge in [0.2, 0.25) is 5.75 Å². The van der Waals surface area contributed by atoms with E-state index in [1.165, 1.54) is 24.3 Å². The molecule has 0 aliphatic rings. The highest BCUT2D eigenvalue weighted by Gasteiger charge is 2.34. The van der Waals surface area contributed by atoms with Gasteiger partial charge in [-0.1, -0.05) is 36.1 Å². The molecule has 5 aromatic rings. The molecule has 0 aromatic heterocycles. The van der Waals surface area contributed by atoms with E-state index in [2.05, 4.69) is 16.6 Å². The molecular formula is C35H18F10O. The summed E-state index contributed by atoms with van der Waals surface area (Å²) < 4.78 is 143. The number of rotatable bonds is 4. The van der Waals surface area contributed by atoms with Gasteiger partial charge in [0.15, 0.2) is 11.6 Å². The van der Waals surface area contributed by atoms with Crippen molar-refractivity contribution in [1.82, 2.24) is 0 Å². The van der Waals surface area contributed by atoms with Crippen LogP contribution in [0.4, 0.5) is 43.9 Å². The third-order valence-electron chi connectivity index (χ3n) is 6.87. The standard InChI is InChI=1S/C35H18F10O/c1-17-9-18(2)23(26(36)10-17)6-3-19-4-7-24(27(37)11-19)20-5-8-25(28(38)12-20)21-13-29(39)33(30(40)14-21)22-15-31(41)34(32(42)16-22)46-35(43,44)45/h4-5,7-16H,1-2H3. The molecule has 1 nitrogen and oxygen atoms in total. The highest BCUT2D eigenvalue weighted by Crippen LogP contribution is 2.37. The average Bonchev–Trinajstić information content (AvgIpc) is 2.93. The molecule has 0 saturated carbocycles. The largest absolute Gasteiger partial charge is 0.573 e. The van der Waals surface area contributed by atoms with Gasteiger partial charge in [-0.05, 0) is 90.2 Å². The van der Waals surface area contributed by atoms with E-state index in [-0.39, 0.29) is 45.5 Å². The maximum absolute atomic E-state index is 15.2. The van der Waals surface area contributed by atoms with Crippen LogP contribution in [0.3, 0.4) is 0 Å². The van der Waals surface area contributed by atoms with Crippen molar-refractivity contribution in [2.24, 2.45) is 0 Å². The summed E-state index contributed by atoms with van der Waals surface area (Å²) >= 11 is 0. The third kappa shape index (κ3) is 6.71. The van der Waals surface area contributed by atoms with Crippen LogP contribution in [0.2, 0.25) is 0 Å². The van der Waals surface area contributed by atoms with Gasteiger partial charge >= 0.3 is 6.36 Å². The Balaban J connectivity index is 1.43. The van der Waals surface area contributed by atoms with Crippen molar-refractivity contribution in [3.63, 3.8) is 0 Å². The quantitative estimate of drug-likeness (QED) is 0.140. The first-order valence-electron chi connectivity index (χ1n) is 13.2. The monoisotopic (exact) mass is 644 g/mol. The number of aryl methyl sites for hydroxylation is 2. The lowest BCUT2D eigenvalue weighted by atomic mass is 9.96. The zero-order chi connectivity index (χ0) is 33.5. The van der Waals surface area contributed by atoms with Gasteiger partial charge in [-0.2, -0.15) is 0 Å². The second-order valence-corrected chi connectivity index (χ2v) is 10.2. The summed E-state index contributed by atoms with van der Waals surface area (Å²) in [6, 6.07) is 12.2. The van der Waals surface area contributed by atoms with E-state index in [0.717, 1.165) is 23.8 Å². The van der Waals surface area contributed by atoms with Crippen LogP contribution in [-0.4, -0.2) is 6.36 Å². The Labute approximate surface area is 255 Å². The van der Waals surface area contributed by atoms with Crippen molar-refractivity contribution in [2.75, 3.05) is 0 Å². The fourth-order valence-electron chi connectivity index (χ4n) is 4.87. The first kappa shape index (κ1) is 32.2. The van der Waals surface area contributed by atoms with Crippen LogP contribution in [0.15, 0.2) is 72.8 Å². The Morgan fingerprint density at radius 2 is 1.07 bits per heavy atom. The summed E-state index contributed by atoms with van der Waals surface area (Å²) in [5.41, 5.74) is -0.611. The topological polar surface area (TPSA) is 9.23 Å². The summed E-state index contributed by atoms with van der Waals surface area (Å²) in [6.45, 7) is 3.43. The molecule has 234 valence electrons. The lowest BCUT2D eigenvalue weighted by Crippen LogP contribution is -2.19. The zero-order valence-corrected chi connectivity index (χ0v) is 23.6. The Kier molecular flexibility index (Phi) is 8.58. The van der Waals surface area contributed by atoms with Gasteiger partial charge in [-0.3, -0.25) is 0 Å². The fraction of sp³-hybridized carbons (Fsp3) is 0.0857. The number of hydrogen-bond acceptors (Lipinski definition) is 1. The van der Waals surface area contributed by atoms with Crippen LogP contribution >= 0.6 is 0 Å². The second kappa shape index (κ2) is 12.3. The smallest absolute Gasteiger partial charge is 0.399 e. The van der Waals surface area contributed by atoms with Crippen molar-refractivity contribution >= 4 is 0 Å². The number of alkyl halides is 3. The molecule has 5 rings (SSSR count). The number of halogens is 10. The van der Waals surface area contributed by atoms with E-state index >= 15 is 17.6 Å². The minimum atomic E-state index is -5.42. The summed E-state index contributed by atoms with van der Waals surface area (Å²) in [5.74, 6) is -5.21. The van der Waals surface area contributed by atoms with E-state index in [9.17, 15) is 26.3 Å². The summed E-state index contributed by atoms with van der Waals surface area (Å²) in [4.78, 5) is 0. The molecule has 0 spiro atoms. The molecule has 0 atom stereocenters. The van der Waals surface area contributed by atoms with Crippen LogP contribution in [0.25, 0.3) is 33.4 Å². The van der Waals surface area contributed by atoms with Crippen molar-refractivity contribution in [3.8, 4) is 51.0 Å². The maximum Gasteiger partial charge on any atom is 0.573 e. The fourth-order valence-corrected chi connectivity index (χ4v) is 4.87. The predicted molar refractivity (Wildman–Crippen MR) is 151 cm³/mol. The van der Waals surface area contributed by atoms with Crippen LogP contribution in [0.5, 0.6) is 5.75 Å². The molecule has 0 aliphatic carbocycles. The van der Waals surface area contributed by atoms with Gasteiger partial charge in [-0.15, -0.1) is 13.2 Å². The van der Waals surface area contributed by atoms with Crippen LogP contribution in [0, 0.1) is 66.4 Å². The Bertz CT molecular complexity index is 2000. The van der Waals surface area contributed by atoms with E-state index in [0.29, 0.717) is 17.7 Å². The Morgan fingerprint density at radius 1 is 0.522 bits per heavy atom. The third-order valence-corrected chi connectivity index (χ3v) is 6.87. The summed E-state index contributed by atoms with van der Waals surface area (Å²) in [6.07, 6.45) is -5.42. The van der Waals surface area contributed by atoms with Crippen molar-refractivity contribution in [2.45, 2.75) is 20.2 Å². The molecule has 11 heteroatoms. The van der Waals surface area contributed by atoms with Crippen LogP contribution in [0.1, 0.15) is 22.3 Å². The zero-order valence-electron chi connectivity index (χ0n) is 23.6. The normalized spacial score (nSPS) is 11.3. The Hall–Kier alpha value is -5.24.